The van der Waals surface area contributed by atoms with E-state index < -0.39 is 11.9 Å². The highest BCUT2D eigenvalue weighted by molar-refractivity contribution is 7.18. The fourth-order valence-electron chi connectivity index (χ4n) is 3.61. The van der Waals surface area contributed by atoms with Crippen molar-refractivity contribution in [1.29, 1.82) is 0 Å². The molecule has 1 aliphatic rings. The van der Waals surface area contributed by atoms with E-state index in [1.165, 1.54) is 11.8 Å². The van der Waals surface area contributed by atoms with Gasteiger partial charge >= 0.3 is 5.97 Å². The van der Waals surface area contributed by atoms with Crippen LogP contribution in [-0.2, 0) is 16.1 Å². The Labute approximate surface area is 195 Å². The van der Waals surface area contributed by atoms with Crippen LogP contribution in [0.2, 0.25) is 0 Å². The summed E-state index contributed by atoms with van der Waals surface area (Å²) in [5, 5.41) is 3.20. The van der Waals surface area contributed by atoms with Crippen molar-refractivity contribution < 1.29 is 23.5 Å². The molecule has 0 radical (unpaired) electrons. The third-order valence-corrected chi connectivity index (χ3v) is 6.52. The Bertz CT molecular complexity index is 1100. The van der Waals surface area contributed by atoms with E-state index in [1.807, 2.05) is 18.2 Å². The van der Waals surface area contributed by atoms with Gasteiger partial charge in [-0.1, -0.05) is 30.3 Å². The molecule has 0 spiro atoms. The summed E-state index contributed by atoms with van der Waals surface area (Å²) in [7, 11) is 0. The fraction of sp³-hybridized carbons (Fsp3) is 0.292. The van der Waals surface area contributed by atoms with E-state index >= 15 is 0 Å². The normalized spacial score (nSPS) is 14.2. The number of rotatable bonds is 7. The largest absolute Gasteiger partial charge is 0.459 e. The second-order valence-electron chi connectivity index (χ2n) is 7.77. The van der Waals surface area contributed by atoms with Crippen molar-refractivity contribution in [3.63, 3.8) is 0 Å². The predicted octanol–water partition coefficient (Wildman–Crippen LogP) is 3.40. The van der Waals surface area contributed by atoms with Gasteiger partial charge in [0.1, 0.15) is 4.88 Å². The van der Waals surface area contributed by atoms with Gasteiger partial charge in [0.2, 0.25) is 0 Å². The molecule has 9 heteroatoms. The van der Waals surface area contributed by atoms with Gasteiger partial charge in [0.25, 0.3) is 11.8 Å². The minimum Gasteiger partial charge on any atom is -0.459 e. The standard InChI is InChI=1S/C24H25N3O5S/c1-17-14-20(25-23(29)19-8-5-13-31-19)33-22(17)24(30)32-16-21(28)27-11-9-26(10-12-27)15-18-6-3-2-4-7-18/h2-8,13-14H,9-12,15-16H2,1H3,(H,25,29). The number of benzene rings is 1. The van der Waals surface area contributed by atoms with Gasteiger partial charge in [0.05, 0.1) is 11.3 Å². The Morgan fingerprint density at radius 1 is 1.06 bits per heavy atom. The van der Waals surface area contributed by atoms with Gasteiger partial charge in [-0.2, -0.15) is 0 Å². The molecule has 1 fully saturated rings. The molecule has 172 valence electrons. The van der Waals surface area contributed by atoms with Crippen LogP contribution in [0.3, 0.4) is 0 Å². The molecule has 0 aliphatic carbocycles. The zero-order chi connectivity index (χ0) is 23.2. The average Bonchev–Trinajstić information content (AvgIpc) is 3.48. The van der Waals surface area contributed by atoms with Gasteiger partial charge < -0.3 is 19.4 Å². The van der Waals surface area contributed by atoms with E-state index in [-0.39, 0.29) is 18.3 Å². The lowest BCUT2D eigenvalue weighted by atomic mass is 10.2. The first-order chi connectivity index (χ1) is 16.0. The van der Waals surface area contributed by atoms with Crippen molar-refractivity contribution in [1.82, 2.24) is 9.80 Å². The number of hydrogen-bond donors (Lipinski definition) is 1. The molecule has 4 rings (SSSR count). The molecular weight excluding hydrogens is 442 g/mol. The number of piperazine rings is 1. The van der Waals surface area contributed by atoms with Crippen molar-refractivity contribution in [2.75, 3.05) is 38.1 Å². The number of aryl methyl sites for hydroxylation is 1. The Morgan fingerprint density at radius 3 is 2.52 bits per heavy atom. The highest BCUT2D eigenvalue weighted by Crippen LogP contribution is 2.28. The average molecular weight is 468 g/mol. The highest BCUT2D eigenvalue weighted by Gasteiger charge is 2.23. The molecule has 1 N–H and O–H groups in total. The number of carbonyl (C=O) groups is 3. The predicted molar refractivity (Wildman–Crippen MR) is 124 cm³/mol. The molecule has 3 heterocycles. The highest BCUT2D eigenvalue weighted by atomic mass is 32.1. The number of amides is 2. The van der Waals surface area contributed by atoms with Crippen molar-refractivity contribution in [3.8, 4) is 0 Å². The second kappa shape index (κ2) is 10.5. The molecule has 0 bridgehead atoms. The quantitative estimate of drug-likeness (QED) is 0.536. The number of ether oxygens (including phenoxy) is 1. The topological polar surface area (TPSA) is 92.1 Å². The van der Waals surface area contributed by atoms with Crippen LogP contribution in [-0.4, -0.2) is 60.4 Å². The number of thiophene rings is 1. The minimum absolute atomic E-state index is 0.180. The van der Waals surface area contributed by atoms with Gasteiger partial charge in [0, 0.05) is 32.7 Å². The Kier molecular flexibility index (Phi) is 7.21. The zero-order valence-electron chi connectivity index (χ0n) is 18.3. The molecule has 3 aromatic rings. The van der Waals surface area contributed by atoms with E-state index in [1.54, 1.807) is 30.0 Å². The lowest BCUT2D eigenvalue weighted by Crippen LogP contribution is -2.49. The van der Waals surface area contributed by atoms with Gasteiger partial charge in [-0.25, -0.2) is 4.79 Å². The maximum atomic E-state index is 12.5. The second-order valence-corrected chi connectivity index (χ2v) is 8.83. The van der Waals surface area contributed by atoms with Crippen LogP contribution in [0.4, 0.5) is 5.00 Å². The third kappa shape index (κ3) is 5.88. The van der Waals surface area contributed by atoms with E-state index in [9.17, 15) is 14.4 Å². The number of nitrogens with zero attached hydrogens (tertiary/aromatic N) is 2. The first kappa shape index (κ1) is 22.8. The van der Waals surface area contributed by atoms with E-state index in [2.05, 4.69) is 22.3 Å². The van der Waals surface area contributed by atoms with Crippen LogP contribution in [0.5, 0.6) is 0 Å². The number of anilines is 1. The van der Waals surface area contributed by atoms with Crippen LogP contribution in [0, 0.1) is 6.92 Å². The van der Waals surface area contributed by atoms with E-state index in [4.69, 9.17) is 9.15 Å². The van der Waals surface area contributed by atoms with Crippen molar-refractivity contribution in [3.05, 3.63) is 76.6 Å². The minimum atomic E-state index is -0.577. The molecule has 0 unspecified atom stereocenters. The van der Waals surface area contributed by atoms with Crippen molar-refractivity contribution >= 4 is 34.1 Å². The summed E-state index contributed by atoms with van der Waals surface area (Å²) in [5.74, 6) is -1.00. The molecular formula is C24H25N3O5S. The number of furan rings is 1. The number of nitrogens with one attached hydrogen (secondary N) is 1. The maximum absolute atomic E-state index is 12.5. The molecule has 0 saturated carbocycles. The number of esters is 1. The fourth-order valence-corrected chi connectivity index (χ4v) is 4.57. The van der Waals surface area contributed by atoms with Crippen LogP contribution < -0.4 is 5.32 Å². The molecule has 33 heavy (non-hydrogen) atoms. The molecule has 1 aromatic carbocycles. The van der Waals surface area contributed by atoms with E-state index in [0.29, 0.717) is 28.5 Å². The van der Waals surface area contributed by atoms with Gasteiger partial charge in [0.15, 0.2) is 12.4 Å². The molecule has 2 aromatic heterocycles. The Balaban J connectivity index is 1.24. The number of hydrogen-bond acceptors (Lipinski definition) is 7. The summed E-state index contributed by atoms with van der Waals surface area (Å²) in [6.07, 6.45) is 1.41. The Morgan fingerprint density at radius 2 is 1.82 bits per heavy atom. The van der Waals surface area contributed by atoms with Crippen LogP contribution in [0.15, 0.2) is 59.2 Å². The number of carbonyl (C=O) groups excluding carboxylic acids is 3. The van der Waals surface area contributed by atoms with Crippen LogP contribution in [0.1, 0.15) is 31.4 Å². The molecule has 1 saturated heterocycles. The van der Waals surface area contributed by atoms with Crippen LogP contribution in [0.25, 0.3) is 0 Å². The molecule has 8 nitrogen and oxygen atoms in total. The van der Waals surface area contributed by atoms with Crippen LogP contribution >= 0.6 is 11.3 Å². The SMILES string of the molecule is Cc1cc(NC(=O)c2ccco2)sc1C(=O)OCC(=O)N1CCN(Cc2ccccc2)CC1. The summed E-state index contributed by atoms with van der Waals surface area (Å²) < 4.78 is 10.3. The maximum Gasteiger partial charge on any atom is 0.349 e. The van der Waals surface area contributed by atoms with Crippen molar-refractivity contribution in [2.45, 2.75) is 13.5 Å². The summed E-state index contributed by atoms with van der Waals surface area (Å²) >= 11 is 1.10. The summed E-state index contributed by atoms with van der Waals surface area (Å²) in [6.45, 7) is 5.06. The van der Waals surface area contributed by atoms with Gasteiger partial charge in [-0.15, -0.1) is 11.3 Å². The van der Waals surface area contributed by atoms with Gasteiger partial charge in [-0.05, 0) is 36.2 Å². The summed E-state index contributed by atoms with van der Waals surface area (Å²) in [4.78, 5) is 41.5. The summed E-state index contributed by atoms with van der Waals surface area (Å²) in [5.41, 5.74) is 1.92. The molecule has 2 amide bonds. The summed E-state index contributed by atoms with van der Waals surface area (Å²) in [6, 6.07) is 15.1. The lowest BCUT2D eigenvalue weighted by molar-refractivity contribution is -0.136. The Hall–Kier alpha value is -3.43. The smallest absolute Gasteiger partial charge is 0.349 e. The monoisotopic (exact) mass is 467 g/mol. The first-order valence-corrected chi connectivity index (χ1v) is 11.5. The lowest BCUT2D eigenvalue weighted by Gasteiger charge is -2.34. The third-order valence-electron chi connectivity index (χ3n) is 5.39. The van der Waals surface area contributed by atoms with Crippen molar-refractivity contribution in [2.24, 2.45) is 0 Å². The zero-order valence-corrected chi connectivity index (χ0v) is 19.1. The van der Waals surface area contributed by atoms with Gasteiger partial charge in [-0.3, -0.25) is 14.5 Å². The first-order valence-electron chi connectivity index (χ1n) is 10.7. The molecule has 0 atom stereocenters. The van der Waals surface area contributed by atoms with E-state index in [0.717, 1.165) is 31.0 Å². The molecule has 1 aliphatic heterocycles.